The molecular formula is C17H32N6O. The molecule has 0 radical (unpaired) electrons. The van der Waals surface area contributed by atoms with Gasteiger partial charge >= 0.3 is 0 Å². The quantitative estimate of drug-likeness (QED) is 0.632. The minimum atomic E-state index is 0.154. The summed E-state index contributed by atoms with van der Waals surface area (Å²) in [6.45, 7) is 11.9. The molecule has 1 fully saturated rings. The summed E-state index contributed by atoms with van der Waals surface area (Å²) in [5.74, 6) is 2.16. The molecule has 2 atom stereocenters. The van der Waals surface area contributed by atoms with E-state index in [2.05, 4.69) is 53.5 Å². The Morgan fingerprint density at radius 3 is 2.83 bits per heavy atom. The van der Waals surface area contributed by atoms with Gasteiger partial charge in [-0.3, -0.25) is 0 Å². The standard InChI is InChI=1S/C17H32N6O/c1-6-18-16(20-11-14-22-21-12-23(14)5)19-10-13-8-7-9-24-15(13)17(2,3)4/h12-13,15H,6-11H2,1-5H3,(H2,18,19,20). The molecule has 1 aliphatic rings. The zero-order valence-corrected chi connectivity index (χ0v) is 15.7. The molecule has 1 saturated heterocycles. The van der Waals surface area contributed by atoms with Crippen molar-refractivity contribution >= 4 is 5.96 Å². The van der Waals surface area contributed by atoms with Crippen molar-refractivity contribution in [3.63, 3.8) is 0 Å². The lowest BCUT2D eigenvalue weighted by Gasteiger charge is -2.40. The fraction of sp³-hybridized carbons (Fsp3) is 0.824. The number of nitrogens with one attached hydrogen (secondary N) is 2. The molecule has 24 heavy (non-hydrogen) atoms. The van der Waals surface area contributed by atoms with Crippen molar-refractivity contribution in [2.24, 2.45) is 23.4 Å². The summed E-state index contributed by atoms with van der Waals surface area (Å²) >= 11 is 0. The predicted molar refractivity (Wildman–Crippen MR) is 95.7 cm³/mol. The van der Waals surface area contributed by atoms with Crippen LogP contribution >= 0.6 is 0 Å². The molecular weight excluding hydrogens is 304 g/mol. The van der Waals surface area contributed by atoms with Crippen LogP contribution in [0.25, 0.3) is 0 Å². The molecule has 0 bridgehead atoms. The van der Waals surface area contributed by atoms with Gasteiger partial charge in [0.25, 0.3) is 0 Å². The Morgan fingerprint density at radius 1 is 1.42 bits per heavy atom. The third-order valence-corrected chi connectivity index (χ3v) is 4.36. The van der Waals surface area contributed by atoms with Gasteiger partial charge in [0.05, 0.1) is 6.10 Å². The summed E-state index contributed by atoms with van der Waals surface area (Å²) in [5.41, 5.74) is 0.154. The normalized spacial score (nSPS) is 22.5. The van der Waals surface area contributed by atoms with Crippen molar-refractivity contribution in [3.05, 3.63) is 12.2 Å². The summed E-state index contributed by atoms with van der Waals surface area (Å²) in [5, 5.41) is 14.7. The highest BCUT2D eigenvalue weighted by Crippen LogP contribution is 2.33. The number of guanidine groups is 1. The summed E-state index contributed by atoms with van der Waals surface area (Å²) < 4.78 is 7.95. The van der Waals surface area contributed by atoms with Crippen molar-refractivity contribution < 1.29 is 4.74 Å². The second-order valence-electron chi connectivity index (χ2n) is 7.49. The Kier molecular flexibility index (Phi) is 6.60. The van der Waals surface area contributed by atoms with Gasteiger partial charge < -0.3 is 19.9 Å². The largest absolute Gasteiger partial charge is 0.377 e. The lowest BCUT2D eigenvalue weighted by molar-refractivity contribution is -0.0835. The van der Waals surface area contributed by atoms with Crippen LogP contribution in [0.4, 0.5) is 0 Å². The number of hydrogen-bond acceptors (Lipinski definition) is 4. The van der Waals surface area contributed by atoms with Crippen molar-refractivity contribution in [1.29, 1.82) is 0 Å². The highest BCUT2D eigenvalue weighted by molar-refractivity contribution is 5.79. The number of hydrogen-bond donors (Lipinski definition) is 2. The third kappa shape index (κ3) is 5.19. The van der Waals surface area contributed by atoms with E-state index in [0.717, 1.165) is 37.9 Å². The number of aromatic nitrogens is 3. The average Bonchev–Trinajstić information content (AvgIpc) is 2.94. The molecule has 7 nitrogen and oxygen atoms in total. The Hall–Kier alpha value is -1.63. The van der Waals surface area contributed by atoms with E-state index in [9.17, 15) is 0 Å². The van der Waals surface area contributed by atoms with Crippen LogP contribution in [0.5, 0.6) is 0 Å². The van der Waals surface area contributed by atoms with E-state index in [1.165, 1.54) is 6.42 Å². The molecule has 2 heterocycles. The molecule has 1 aromatic heterocycles. The SMILES string of the molecule is CCNC(=NCc1nncn1C)NCC1CCCOC1C(C)(C)C. The minimum Gasteiger partial charge on any atom is -0.377 e. The fourth-order valence-electron chi connectivity index (χ4n) is 3.18. The molecule has 1 aliphatic heterocycles. The maximum Gasteiger partial charge on any atom is 0.191 e. The highest BCUT2D eigenvalue weighted by Gasteiger charge is 2.35. The second-order valence-corrected chi connectivity index (χ2v) is 7.49. The first-order valence-corrected chi connectivity index (χ1v) is 8.88. The Bertz CT molecular complexity index is 533. The average molecular weight is 336 g/mol. The van der Waals surface area contributed by atoms with Crippen LogP contribution in [-0.2, 0) is 18.3 Å². The first kappa shape index (κ1) is 18.7. The van der Waals surface area contributed by atoms with Crippen molar-refractivity contribution in [2.75, 3.05) is 19.7 Å². The third-order valence-electron chi connectivity index (χ3n) is 4.36. The van der Waals surface area contributed by atoms with Crippen molar-refractivity contribution in [2.45, 2.75) is 53.2 Å². The minimum absolute atomic E-state index is 0.154. The van der Waals surface area contributed by atoms with E-state index in [1.54, 1.807) is 6.33 Å². The lowest BCUT2D eigenvalue weighted by Crippen LogP contribution is -2.47. The van der Waals surface area contributed by atoms with Crippen LogP contribution in [-0.4, -0.2) is 46.5 Å². The van der Waals surface area contributed by atoms with E-state index in [4.69, 9.17) is 4.74 Å². The van der Waals surface area contributed by atoms with Crippen molar-refractivity contribution in [1.82, 2.24) is 25.4 Å². The Balaban J connectivity index is 1.95. The smallest absolute Gasteiger partial charge is 0.191 e. The van der Waals surface area contributed by atoms with Gasteiger partial charge in [-0.1, -0.05) is 20.8 Å². The fourth-order valence-corrected chi connectivity index (χ4v) is 3.18. The number of ether oxygens (including phenoxy) is 1. The van der Waals surface area contributed by atoms with E-state index >= 15 is 0 Å². The Morgan fingerprint density at radius 2 is 2.21 bits per heavy atom. The topological polar surface area (TPSA) is 76.4 Å². The summed E-state index contributed by atoms with van der Waals surface area (Å²) in [4.78, 5) is 4.62. The van der Waals surface area contributed by atoms with Gasteiger partial charge in [-0.15, -0.1) is 10.2 Å². The van der Waals surface area contributed by atoms with Crippen LogP contribution < -0.4 is 10.6 Å². The maximum absolute atomic E-state index is 6.06. The highest BCUT2D eigenvalue weighted by atomic mass is 16.5. The van der Waals surface area contributed by atoms with Gasteiger partial charge in [0, 0.05) is 32.7 Å². The Labute approximate surface area is 145 Å². The van der Waals surface area contributed by atoms with Gasteiger partial charge in [-0.2, -0.15) is 0 Å². The van der Waals surface area contributed by atoms with Gasteiger partial charge in [-0.25, -0.2) is 4.99 Å². The molecule has 2 N–H and O–H groups in total. The number of aryl methyl sites for hydroxylation is 1. The van der Waals surface area contributed by atoms with Crippen LogP contribution in [0.15, 0.2) is 11.3 Å². The summed E-state index contributed by atoms with van der Waals surface area (Å²) in [7, 11) is 1.93. The van der Waals surface area contributed by atoms with Crippen LogP contribution in [0.3, 0.4) is 0 Å². The molecule has 0 saturated carbocycles. The van der Waals surface area contributed by atoms with Gasteiger partial charge in [0.1, 0.15) is 12.9 Å². The molecule has 2 rings (SSSR count). The first-order chi connectivity index (χ1) is 11.4. The molecule has 0 aliphatic carbocycles. The van der Waals surface area contributed by atoms with E-state index in [0.29, 0.717) is 12.5 Å². The van der Waals surface area contributed by atoms with E-state index in [-0.39, 0.29) is 11.5 Å². The number of rotatable bonds is 5. The summed E-state index contributed by atoms with van der Waals surface area (Å²) in [6, 6.07) is 0. The van der Waals surface area contributed by atoms with Crippen LogP contribution in [0.2, 0.25) is 0 Å². The lowest BCUT2D eigenvalue weighted by atomic mass is 9.78. The first-order valence-electron chi connectivity index (χ1n) is 8.88. The predicted octanol–water partition coefficient (Wildman–Crippen LogP) is 1.71. The molecule has 0 spiro atoms. The molecule has 1 aromatic rings. The van der Waals surface area contributed by atoms with Crippen LogP contribution in [0.1, 0.15) is 46.4 Å². The monoisotopic (exact) mass is 336 g/mol. The van der Waals surface area contributed by atoms with Crippen LogP contribution in [0, 0.1) is 11.3 Å². The number of aliphatic imine (C=N–C) groups is 1. The second kappa shape index (κ2) is 8.46. The van der Waals surface area contributed by atoms with Gasteiger partial charge in [-0.05, 0) is 25.2 Å². The molecule has 2 unspecified atom stereocenters. The molecule has 0 amide bonds. The van der Waals surface area contributed by atoms with E-state index < -0.39 is 0 Å². The number of nitrogens with zero attached hydrogens (tertiary/aromatic N) is 4. The zero-order valence-electron chi connectivity index (χ0n) is 15.7. The van der Waals surface area contributed by atoms with Gasteiger partial charge in [0.2, 0.25) is 0 Å². The molecule has 7 heteroatoms. The molecule has 136 valence electrons. The molecule has 0 aromatic carbocycles. The van der Waals surface area contributed by atoms with Gasteiger partial charge in [0.15, 0.2) is 11.8 Å². The van der Waals surface area contributed by atoms with E-state index in [1.807, 2.05) is 11.6 Å². The van der Waals surface area contributed by atoms with Crippen molar-refractivity contribution in [3.8, 4) is 0 Å². The zero-order chi connectivity index (χ0) is 17.6. The maximum atomic E-state index is 6.06. The summed E-state index contributed by atoms with van der Waals surface area (Å²) in [6.07, 6.45) is 4.29.